The van der Waals surface area contributed by atoms with Crippen molar-refractivity contribution in [3.8, 4) is 0 Å². The van der Waals surface area contributed by atoms with E-state index in [1.54, 1.807) is 0 Å². The Morgan fingerprint density at radius 3 is 2.11 bits per heavy atom. The van der Waals surface area contributed by atoms with E-state index < -0.39 is 0 Å². The lowest BCUT2D eigenvalue weighted by molar-refractivity contribution is 0.175. The summed E-state index contributed by atoms with van der Waals surface area (Å²) in [4.78, 5) is 2.16. The molecule has 1 N–H and O–H groups in total. The lowest BCUT2D eigenvalue weighted by atomic mass is 10.1. The van der Waals surface area contributed by atoms with Crippen LogP contribution >= 0.6 is 0 Å². The Balaban J connectivity index is 2.41. The van der Waals surface area contributed by atoms with Gasteiger partial charge in [-0.15, -0.1) is 0 Å². The van der Waals surface area contributed by atoms with Crippen LogP contribution in [0.2, 0.25) is 0 Å². The van der Waals surface area contributed by atoms with E-state index in [0.717, 1.165) is 13.1 Å². The lowest BCUT2D eigenvalue weighted by Gasteiger charge is -2.43. The summed E-state index contributed by atoms with van der Waals surface area (Å²) >= 11 is 0. The van der Waals surface area contributed by atoms with Gasteiger partial charge in [0.15, 0.2) is 0 Å². The predicted octanol–water partition coefficient (Wildman–Crippen LogP) is 0.460. The molecule has 0 saturated carbocycles. The Morgan fingerprint density at radius 2 is 1.78 bits per heavy atom. The minimum Gasteiger partial charge on any atom is -0.452 e. The molecule has 9 heavy (non-hydrogen) atoms. The Labute approximate surface area is 57.2 Å². The summed E-state index contributed by atoms with van der Waals surface area (Å²) in [5, 5.41) is 3.33. The van der Waals surface area contributed by atoms with E-state index in [0.29, 0.717) is 12.1 Å². The molecule has 1 aliphatic rings. The molecule has 0 aliphatic carbocycles. The van der Waals surface area contributed by atoms with Gasteiger partial charge in [-0.05, 0) is 12.1 Å². The monoisotopic (exact) mass is 127 g/mol. The largest absolute Gasteiger partial charge is 0.452 e. The van der Waals surface area contributed by atoms with Crippen LogP contribution < -0.4 is 5.32 Å². The van der Waals surface area contributed by atoms with E-state index in [4.69, 9.17) is 0 Å². The molecule has 1 heterocycles. The van der Waals surface area contributed by atoms with Crippen molar-refractivity contribution < 1.29 is 0 Å². The summed E-state index contributed by atoms with van der Waals surface area (Å²) in [5.74, 6) is 0. The van der Waals surface area contributed by atoms with Crippen LogP contribution in [-0.4, -0.2) is 30.1 Å². The molecule has 0 radical (unpaired) electrons. The van der Waals surface area contributed by atoms with E-state index in [-0.39, 0.29) is 0 Å². The Hall–Kier alpha value is -0.0800. The maximum absolute atomic E-state index is 3.95. The summed E-state index contributed by atoms with van der Waals surface area (Å²) in [7, 11) is 3.95. The third kappa shape index (κ3) is 1.43. The molecule has 2 atom stereocenters. The highest BCUT2D eigenvalue weighted by Crippen LogP contribution is 2.05. The van der Waals surface area contributed by atoms with Gasteiger partial charge < -0.3 is 10.2 Å². The second-order valence-corrected chi connectivity index (χ2v) is 2.87. The van der Waals surface area contributed by atoms with Gasteiger partial charge >= 0.3 is 0 Å². The molecule has 0 bridgehead atoms. The van der Waals surface area contributed by atoms with Crippen LogP contribution in [0, 0.1) is 7.05 Å². The predicted molar refractivity (Wildman–Crippen MR) is 39.0 cm³/mol. The summed E-state index contributed by atoms with van der Waals surface area (Å²) in [6.45, 7) is 6.53. The van der Waals surface area contributed by atoms with Gasteiger partial charge in [-0.2, -0.15) is 0 Å². The van der Waals surface area contributed by atoms with Crippen molar-refractivity contribution in [1.82, 2.24) is 10.2 Å². The average Bonchev–Trinajstić information content (AvgIpc) is 1.83. The molecule has 0 aromatic carbocycles. The van der Waals surface area contributed by atoms with Crippen LogP contribution in [-0.2, 0) is 0 Å². The molecule has 1 aliphatic heterocycles. The molecular formula is C7H15N2-. The number of hydrogen-bond donors (Lipinski definition) is 1. The molecule has 1 saturated heterocycles. The molecular weight excluding hydrogens is 112 g/mol. The van der Waals surface area contributed by atoms with Crippen molar-refractivity contribution in [1.29, 1.82) is 0 Å². The third-order valence-electron chi connectivity index (χ3n) is 2.01. The minimum absolute atomic E-state index is 0.591. The number of rotatable bonds is 0. The van der Waals surface area contributed by atoms with Crippen LogP contribution in [0.5, 0.6) is 0 Å². The highest BCUT2D eigenvalue weighted by atomic mass is 15.2. The molecule has 0 spiro atoms. The van der Waals surface area contributed by atoms with Gasteiger partial charge in [-0.25, -0.2) is 0 Å². The molecule has 54 valence electrons. The number of nitrogens with zero attached hydrogens (tertiary/aromatic N) is 1. The van der Waals surface area contributed by atoms with E-state index in [2.05, 4.69) is 31.1 Å². The maximum Gasteiger partial charge on any atom is 0.00819 e. The molecule has 0 aromatic heterocycles. The van der Waals surface area contributed by atoms with E-state index in [1.807, 2.05) is 0 Å². The average molecular weight is 127 g/mol. The topological polar surface area (TPSA) is 15.3 Å². The normalized spacial score (nSPS) is 39.0. The molecule has 2 unspecified atom stereocenters. The van der Waals surface area contributed by atoms with Crippen molar-refractivity contribution in [2.75, 3.05) is 13.1 Å². The minimum atomic E-state index is 0.591. The zero-order chi connectivity index (χ0) is 6.85. The van der Waals surface area contributed by atoms with E-state index in [9.17, 15) is 0 Å². The van der Waals surface area contributed by atoms with E-state index >= 15 is 0 Å². The van der Waals surface area contributed by atoms with Gasteiger partial charge in [0, 0.05) is 13.1 Å². The quantitative estimate of drug-likeness (QED) is 0.476. The Morgan fingerprint density at radius 1 is 1.33 bits per heavy atom. The van der Waals surface area contributed by atoms with Gasteiger partial charge in [0.2, 0.25) is 0 Å². The highest BCUT2D eigenvalue weighted by Gasteiger charge is 2.14. The highest BCUT2D eigenvalue weighted by molar-refractivity contribution is 4.81. The first kappa shape index (κ1) is 7.03. The first-order valence-electron chi connectivity index (χ1n) is 3.51. The molecule has 2 nitrogen and oxygen atoms in total. The second-order valence-electron chi connectivity index (χ2n) is 2.87. The maximum atomic E-state index is 3.95. The first-order valence-corrected chi connectivity index (χ1v) is 3.51. The lowest BCUT2D eigenvalue weighted by Crippen LogP contribution is -2.51. The Kier molecular flexibility index (Phi) is 2.09. The van der Waals surface area contributed by atoms with Crippen LogP contribution in [0.1, 0.15) is 13.8 Å². The molecule has 1 rings (SSSR count). The van der Waals surface area contributed by atoms with Gasteiger partial charge in [-0.1, -0.05) is 13.8 Å². The van der Waals surface area contributed by atoms with Crippen molar-refractivity contribution in [3.63, 3.8) is 0 Å². The smallest absolute Gasteiger partial charge is 0.00819 e. The zero-order valence-corrected chi connectivity index (χ0v) is 6.22. The fourth-order valence-corrected chi connectivity index (χ4v) is 1.17. The standard InChI is InChI=1S/C7H15N2/c1-6-4-8-5-7(2)9(6)3/h6-8H,3-5H2,1-2H3/q-1. The summed E-state index contributed by atoms with van der Waals surface area (Å²) in [5.41, 5.74) is 0. The Bertz CT molecular complexity index is 82.9. The van der Waals surface area contributed by atoms with Gasteiger partial charge in [0.25, 0.3) is 0 Å². The second kappa shape index (κ2) is 2.67. The SMILES string of the molecule is [CH2-]N1C(C)CNCC1C. The molecule has 0 amide bonds. The molecule has 1 fully saturated rings. The number of hydrogen-bond acceptors (Lipinski definition) is 2. The fraction of sp³-hybridized carbons (Fsp3) is 0.857. The van der Waals surface area contributed by atoms with Crippen molar-refractivity contribution in [3.05, 3.63) is 7.05 Å². The molecule has 2 heteroatoms. The zero-order valence-electron chi connectivity index (χ0n) is 6.22. The van der Waals surface area contributed by atoms with Crippen molar-refractivity contribution in [2.45, 2.75) is 25.9 Å². The van der Waals surface area contributed by atoms with Crippen LogP contribution in [0.25, 0.3) is 0 Å². The number of piperazine rings is 1. The van der Waals surface area contributed by atoms with Gasteiger partial charge in [-0.3, -0.25) is 7.05 Å². The van der Waals surface area contributed by atoms with Gasteiger partial charge in [0.1, 0.15) is 0 Å². The van der Waals surface area contributed by atoms with Crippen LogP contribution in [0.3, 0.4) is 0 Å². The fourth-order valence-electron chi connectivity index (χ4n) is 1.17. The third-order valence-corrected chi connectivity index (χ3v) is 2.01. The van der Waals surface area contributed by atoms with Gasteiger partial charge in [0.05, 0.1) is 0 Å². The summed E-state index contributed by atoms with van der Waals surface area (Å²) in [6.07, 6.45) is 0. The van der Waals surface area contributed by atoms with Crippen LogP contribution in [0.15, 0.2) is 0 Å². The van der Waals surface area contributed by atoms with Crippen molar-refractivity contribution in [2.24, 2.45) is 0 Å². The number of nitrogens with one attached hydrogen (secondary N) is 1. The summed E-state index contributed by atoms with van der Waals surface area (Å²) in [6, 6.07) is 1.18. The van der Waals surface area contributed by atoms with E-state index in [1.165, 1.54) is 0 Å². The van der Waals surface area contributed by atoms with Crippen LogP contribution in [0.4, 0.5) is 0 Å². The first-order chi connectivity index (χ1) is 4.22. The molecule has 0 aromatic rings. The van der Waals surface area contributed by atoms with Crippen molar-refractivity contribution >= 4 is 0 Å². The summed E-state index contributed by atoms with van der Waals surface area (Å²) < 4.78 is 0.